The van der Waals surface area contributed by atoms with Crippen LogP contribution in [0.1, 0.15) is 0 Å². The van der Waals surface area contributed by atoms with Crippen LogP contribution >= 0.6 is 11.6 Å². The molecule has 2 amide bonds. The third kappa shape index (κ3) is 4.58. The minimum atomic E-state index is -0.672. The fourth-order valence-electron chi connectivity index (χ4n) is 1.66. The topological polar surface area (TPSA) is 107 Å². The van der Waals surface area contributed by atoms with Crippen molar-refractivity contribution in [1.29, 1.82) is 0 Å². The molecule has 122 valence electrons. The monoisotopic (exact) mass is 339 g/mol. The number of anilines is 2. The molecule has 2 N–H and O–H groups in total. The predicted octanol–water partition coefficient (Wildman–Crippen LogP) is 1.76. The quantitative estimate of drug-likeness (QED) is 0.859. The molecule has 23 heavy (non-hydrogen) atoms. The molecule has 0 saturated carbocycles. The van der Waals surface area contributed by atoms with Crippen LogP contribution in [0.4, 0.5) is 16.3 Å². The van der Waals surface area contributed by atoms with Crippen molar-refractivity contribution in [3.63, 3.8) is 0 Å². The Bertz CT molecular complexity index is 718. The summed E-state index contributed by atoms with van der Waals surface area (Å²) in [5.74, 6) is 0.334. The molecule has 1 heterocycles. The Morgan fingerprint density at radius 2 is 2.09 bits per heavy atom. The molecule has 9 nitrogen and oxygen atoms in total. The van der Waals surface area contributed by atoms with Crippen molar-refractivity contribution < 1.29 is 19.1 Å². The van der Waals surface area contributed by atoms with E-state index in [2.05, 4.69) is 25.6 Å². The summed E-state index contributed by atoms with van der Waals surface area (Å²) in [7, 11) is 2.73. The lowest BCUT2D eigenvalue weighted by Gasteiger charge is -2.07. The second-order valence-electron chi connectivity index (χ2n) is 4.27. The second-order valence-corrected chi connectivity index (χ2v) is 4.68. The van der Waals surface area contributed by atoms with Gasteiger partial charge in [0.1, 0.15) is 12.3 Å². The summed E-state index contributed by atoms with van der Waals surface area (Å²) in [5.41, 5.74) is 0.515. The Hall–Kier alpha value is -2.81. The number of amides is 2. The summed E-state index contributed by atoms with van der Waals surface area (Å²) in [6.45, 7) is -0.132. The third-order valence-electron chi connectivity index (χ3n) is 2.67. The van der Waals surface area contributed by atoms with Gasteiger partial charge in [0.2, 0.25) is 5.91 Å². The summed E-state index contributed by atoms with van der Waals surface area (Å²) < 4.78 is 9.46. The van der Waals surface area contributed by atoms with Crippen LogP contribution in [-0.4, -0.2) is 41.2 Å². The molecule has 0 aliphatic carbocycles. The maximum Gasteiger partial charge on any atom is 0.412 e. The lowest BCUT2D eigenvalue weighted by molar-refractivity contribution is -0.117. The molecule has 0 aliphatic rings. The molecule has 1 aromatic carbocycles. The van der Waals surface area contributed by atoms with Crippen LogP contribution < -0.4 is 15.4 Å². The Morgan fingerprint density at radius 3 is 2.74 bits per heavy atom. The van der Waals surface area contributed by atoms with Gasteiger partial charge in [-0.15, -0.1) is 5.10 Å². The molecular weight excluding hydrogens is 326 g/mol. The predicted molar refractivity (Wildman–Crippen MR) is 82.7 cm³/mol. The van der Waals surface area contributed by atoms with Gasteiger partial charge < -0.3 is 14.8 Å². The number of halogens is 1. The molecule has 0 bridgehead atoms. The number of aromatic nitrogens is 3. The van der Waals surface area contributed by atoms with Gasteiger partial charge in [-0.1, -0.05) is 11.6 Å². The number of hydrogen-bond donors (Lipinski definition) is 2. The molecule has 0 saturated heterocycles. The van der Waals surface area contributed by atoms with E-state index < -0.39 is 6.09 Å². The van der Waals surface area contributed by atoms with E-state index in [1.165, 1.54) is 20.4 Å². The Balaban J connectivity index is 1.94. The van der Waals surface area contributed by atoms with Crippen molar-refractivity contribution in [1.82, 2.24) is 15.0 Å². The van der Waals surface area contributed by atoms with Crippen molar-refractivity contribution in [2.75, 3.05) is 24.9 Å². The number of benzene rings is 1. The zero-order valence-corrected chi connectivity index (χ0v) is 13.1. The average Bonchev–Trinajstić information content (AvgIpc) is 2.94. The number of ether oxygens (including phenoxy) is 2. The van der Waals surface area contributed by atoms with E-state index in [-0.39, 0.29) is 18.3 Å². The van der Waals surface area contributed by atoms with E-state index in [0.29, 0.717) is 16.5 Å². The highest BCUT2D eigenvalue weighted by atomic mass is 35.5. The van der Waals surface area contributed by atoms with Crippen LogP contribution in [0.2, 0.25) is 5.02 Å². The van der Waals surface area contributed by atoms with E-state index >= 15 is 0 Å². The highest BCUT2D eigenvalue weighted by Gasteiger charge is 2.10. The van der Waals surface area contributed by atoms with Crippen LogP contribution in [0.5, 0.6) is 5.75 Å². The fraction of sp³-hybridized carbons (Fsp3) is 0.231. The average molecular weight is 340 g/mol. The molecule has 0 atom stereocenters. The standard InChI is InChI=1S/C13H14ClN5O4/c1-22-10-4-3-8(5-9(10)14)16-12(20)7-19-15-6-11(18-19)17-13(21)23-2/h3-6H,7H2,1-2H3,(H,16,20)(H,17,18,21). The molecule has 2 aromatic rings. The van der Waals surface area contributed by atoms with E-state index in [1.54, 1.807) is 18.2 Å². The third-order valence-corrected chi connectivity index (χ3v) is 2.97. The van der Waals surface area contributed by atoms with Crippen LogP contribution in [-0.2, 0) is 16.1 Å². The SMILES string of the molecule is COC(=O)Nc1cnn(CC(=O)Nc2ccc(OC)c(Cl)c2)n1. The molecule has 10 heteroatoms. The lowest BCUT2D eigenvalue weighted by atomic mass is 10.3. The molecule has 0 spiro atoms. The first-order chi connectivity index (χ1) is 11.0. The van der Waals surface area contributed by atoms with Gasteiger partial charge in [-0.25, -0.2) is 4.79 Å². The zero-order valence-electron chi connectivity index (χ0n) is 12.4. The van der Waals surface area contributed by atoms with E-state index in [4.69, 9.17) is 16.3 Å². The normalized spacial score (nSPS) is 10.0. The minimum Gasteiger partial charge on any atom is -0.495 e. The van der Waals surface area contributed by atoms with Crippen LogP contribution in [0, 0.1) is 0 Å². The van der Waals surface area contributed by atoms with Gasteiger partial charge in [-0.05, 0) is 18.2 Å². The number of carbonyl (C=O) groups excluding carboxylic acids is 2. The largest absolute Gasteiger partial charge is 0.495 e. The van der Waals surface area contributed by atoms with Gasteiger partial charge in [0.25, 0.3) is 0 Å². The van der Waals surface area contributed by atoms with Gasteiger partial charge in [-0.2, -0.15) is 9.90 Å². The highest BCUT2D eigenvalue weighted by Crippen LogP contribution is 2.27. The Kier molecular flexibility index (Phi) is 5.36. The second kappa shape index (κ2) is 7.45. The molecule has 0 aliphatic heterocycles. The Morgan fingerprint density at radius 1 is 1.30 bits per heavy atom. The van der Waals surface area contributed by atoms with Gasteiger partial charge in [-0.3, -0.25) is 10.1 Å². The number of rotatable bonds is 5. The van der Waals surface area contributed by atoms with Crippen LogP contribution in [0.25, 0.3) is 0 Å². The number of nitrogens with one attached hydrogen (secondary N) is 2. The zero-order chi connectivity index (χ0) is 16.8. The molecule has 0 unspecified atom stereocenters. The first-order valence-electron chi connectivity index (χ1n) is 6.40. The van der Waals surface area contributed by atoms with Crippen molar-refractivity contribution in [2.24, 2.45) is 0 Å². The van der Waals surface area contributed by atoms with Crippen LogP contribution in [0.15, 0.2) is 24.4 Å². The van der Waals surface area contributed by atoms with Gasteiger partial charge in [0, 0.05) is 5.69 Å². The number of hydrogen-bond acceptors (Lipinski definition) is 6. The van der Waals surface area contributed by atoms with Gasteiger partial charge in [0.15, 0.2) is 5.82 Å². The number of carbonyl (C=O) groups is 2. The van der Waals surface area contributed by atoms with Crippen LogP contribution in [0.3, 0.4) is 0 Å². The first-order valence-corrected chi connectivity index (χ1v) is 6.78. The molecular formula is C13H14ClN5O4. The fourth-order valence-corrected chi connectivity index (χ4v) is 1.92. The molecule has 1 aromatic heterocycles. The van der Waals surface area contributed by atoms with Crippen molar-refractivity contribution in [3.05, 3.63) is 29.4 Å². The smallest absolute Gasteiger partial charge is 0.412 e. The van der Waals surface area contributed by atoms with Crippen molar-refractivity contribution in [2.45, 2.75) is 6.54 Å². The van der Waals surface area contributed by atoms with E-state index in [0.717, 1.165) is 4.80 Å². The number of nitrogens with zero attached hydrogens (tertiary/aromatic N) is 3. The van der Waals surface area contributed by atoms with E-state index in [1.807, 2.05) is 0 Å². The Labute approximate surface area is 136 Å². The van der Waals surface area contributed by atoms with Gasteiger partial charge >= 0.3 is 6.09 Å². The number of methoxy groups -OCH3 is 2. The van der Waals surface area contributed by atoms with Crippen molar-refractivity contribution in [3.8, 4) is 5.75 Å². The minimum absolute atomic E-state index is 0.132. The molecule has 0 fully saturated rings. The molecule has 2 rings (SSSR count). The van der Waals surface area contributed by atoms with Gasteiger partial charge in [0.05, 0.1) is 25.4 Å². The van der Waals surface area contributed by atoms with E-state index in [9.17, 15) is 9.59 Å². The maximum absolute atomic E-state index is 11.9. The first kappa shape index (κ1) is 16.6. The molecule has 0 radical (unpaired) electrons. The van der Waals surface area contributed by atoms with Crippen molar-refractivity contribution >= 4 is 35.1 Å². The summed E-state index contributed by atoms with van der Waals surface area (Å²) in [6, 6.07) is 4.87. The summed E-state index contributed by atoms with van der Waals surface area (Å²) in [6.07, 6.45) is 0.628. The highest BCUT2D eigenvalue weighted by molar-refractivity contribution is 6.32. The summed E-state index contributed by atoms with van der Waals surface area (Å²) in [5, 5.41) is 13.1. The maximum atomic E-state index is 11.9. The summed E-state index contributed by atoms with van der Waals surface area (Å²) >= 11 is 5.98. The lowest BCUT2D eigenvalue weighted by Crippen LogP contribution is -2.20. The summed E-state index contributed by atoms with van der Waals surface area (Å²) in [4.78, 5) is 24.1.